The lowest BCUT2D eigenvalue weighted by atomic mass is 9.87. The Morgan fingerprint density at radius 2 is 1.83 bits per heavy atom. The summed E-state index contributed by atoms with van der Waals surface area (Å²) in [7, 11) is 0. The Labute approximate surface area is 216 Å². The van der Waals surface area contributed by atoms with E-state index in [2.05, 4.69) is 65.2 Å². The zero-order chi connectivity index (χ0) is 25.7. The Hall–Kier alpha value is -3.00. The van der Waals surface area contributed by atoms with Gasteiger partial charge < -0.3 is 20.5 Å². The molecule has 1 amide bonds. The molecule has 0 saturated heterocycles. The van der Waals surface area contributed by atoms with Gasteiger partial charge in [0, 0.05) is 34.7 Å². The molecule has 0 unspecified atom stereocenters. The second-order valence-electron chi connectivity index (χ2n) is 9.30. The zero-order valence-corrected chi connectivity index (χ0v) is 21.8. The quantitative estimate of drug-likeness (QED) is 0.337. The number of carbonyl (C=O) groups excluding carboxylic acids is 1. The first-order chi connectivity index (χ1) is 17.4. The first kappa shape index (κ1) is 26.1. The smallest absolute Gasteiger partial charge is 0.331 e. The number of aliphatic carboxylic acids is 1. The lowest BCUT2D eigenvalue weighted by Crippen LogP contribution is -2.58. The molecule has 3 atom stereocenters. The standard InChI is InChI=1S/C29H34N2O4S/c1-4-23(5-2)35-25-15-22(29(33)34)14-24(28(25)31-18(3)32)30-17-19-10-12-20(13-11-19)27-16-21-8-6-7-9-26(21)36-27/h6-13,15-16,23-25,28,30H,4-5,14,17H2,1-3H3,(H,31,32)(H,33,34)/t24-,25+,28+/m0/s1. The number of amides is 1. The Kier molecular flexibility index (Phi) is 8.56. The highest BCUT2D eigenvalue weighted by molar-refractivity contribution is 7.22. The number of benzene rings is 2. The first-order valence-electron chi connectivity index (χ1n) is 12.6. The van der Waals surface area contributed by atoms with Gasteiger partial charge in [0.2, 0.25) is 5.91 Å². The lowest BCUT2D eigenvalue weighted by Gasteiger charge is -2.38. The summed E-state index contributed by atoms with van der Waals surface area (Å²) in [5.74, 6) is -1.11. The number of carboxylic acid groups (broad SMARTS) is 1. The number of hydrogen-bond acceptors (Lipinski definition) is 5. The molecule has 7 heteroatoms. The summed E-state index contributed by atoms with van der Waals surface area (Å²) < 4.78 is 7.53. The summed E-state index contributed by atoms with van der Waals surface area (Å²) in [4.78, 5) is 25.1. The Bertz CT molecular complexity index is 1200. The van der Waals surface area contributed by atoms with Gasteiger partial charge in [0.1, 0.15) is 0 Å². The molecule has 6 nitrogen and oxygen atoms in total. The lowest BCUT2D eigenvalue weighted by molar-refractivity contribution is -0.133. The fraction of sp³-hybridized carbons (Fsp3) is 0.379. The van der Waals surface area contributed by atoms with E-state index in [1.54, 1.807) is 17.4 Å². The second kappa shape index (κ2) is 11.8. The average Bonchev–Trinajstić information content (AvgIpc) is 3.31. The van der Waals surface area contributed by atoms with E-state index in [9.17, 15) is 14.7 Å². The molecule has 0 bridgehead atoms. The molecule has 3 N–H and O–H groups in total. The zero-order valence-electron chi connectivity index (χ0n) is 21.0. The van der Waals surface area contributed by atoms with Crippen LogP contribution in [0, 0.1) is 0 Å². The normalized spacial score (nSPS) is 19.9. The van der Waals surface area contributed by atoms with Gasteiger partial charge in [-0.05, 0) is 54.0 Å². The molecular formula is C29H34N2O4S. The molecule has 1 aliphatic rings. The number of thiophene rings is 1. The summed E-state index contributed by atoms with van der Waals surface area (Å²) in [6, 6.07) is 18.4. The van der Waals surface area contributed by atoms with E-state index >= 15 is 0 Å². The van der Waals surface area contributed by atoms with Crippen molar-refractivity contribution in [2.45, 2.75) is 70.9 Å². The third-order valence-electron chi connectivity index (χ3n) is 6.73. The van der Waals surface area contributed by atoms with Crippen molar-refractivity contribution in [1.29, 1.82) is 0 Å². The van der Waals surface area contributed by atoms with Gasteiger partial charge in [0.25, 0.3) is 0 Å². The molecule has 0 aliphatic heterocycles. The fourth-order valence-electron chi connectivity index (χ4n) is 4.73. The molecule has 1 heterocycles. The molecular weight excluding hydrogens is 472 g/mol. The molecule has 2 aromatic carbocycles. The second-order valence-corrected chi connectivity index (χ2v) is 10.4. The summed E-state index contributed by atoms with van der Waals surface area (Å²) in [5.41, 5.74) is 2.57. The number of nitrogens with one attached hydrogen (secondary N) is 2. The number of carboxylic acids is 1. The third-order valence-corrected chi connectivity index (χ3v) is 7.90. The van der Waals surface area contributed by atoms with Crippen molar-refractivity contribution in [2.24, 2.45) is 0 Å². The van der Waals surface area contributed by atoms with Gasteiger partial charge >= 0.3 is 5.97 Å². The number of fused-ring (bicyclic) bond motifs is 1. The van der Waals surface area contributed by atoms with Crippen LogP contribution in [0.25, 0.3) is 20.5 Å². The maximum absolute atomic E-state index is 12.0. The molecule has 0 spiro atoms. The molecule has 4 rings (SSSR count). The van der Waals surface area contributed by atoms with Crippen molar-refractivity contribution in [3.63, 3.8) is 0 Å². The predicted molar refractivity (Wildman–Crippen MR) is 145 cm³/mol. The van der Waals surface area contributed by atoms with E-state index in [1.807, 2.05) is 13.8 Å². The van der Waals surface area contributed by atoms with E-state index in [0.717, 1.165) is 18.4 Å². The number of ether oxygens (including phenoxy) is 1. The molecule has 1 aromatic heterocycles. The van der Waals surface area contributed by atoms with Crippen molar-refractivity contribution in [3.8, 4) is 10.4 Å². The van der Waals surface area contributed by atoms with Gasteiger partial charge in [-0.2, -0.15) is 0 Å². The minimum atomic E-state index is -0.950. The molecule has 36 heavy (non-hydrogen) atoms. The Morgan fingerprint density at radius 3 is 2.47 bits per heavy atom. The maximum Gasteiger partial charge on any atom is 0.331 e. The topological polar surface area (TPSA) is 87.7 Å². The maximum atomic E-state index is 12.0. The SMILES string of the molecule is CCC(CC)O[C@@H]1C=C(C(=O)O)C[C@H](NCc2ccc(-c3cc4ccccc4s3)cc2)[C@H]1NC(C)=O. The molecule has 190 valence electrons. The van der Waals surface area contributed by atoms with Gasteiger partial charge in [0.05, 0.1) is 18.2 Å². The van der Waals surface area contributed by atoms with Crippen molar-refractivity contribution < 1.29 is 19.4 Å². The van der Waals surface area contributed by atoms with Crippen LogP contribution in [0.15, 0.2) is 66.2 Å². The molecule has 0 saturated carbocycles. The number of carbonyl (C=O) groups is 2. The van der Waals surface area contributed by atoms with Crippen LogP contribution in [-0.2, 0) is 20.9 Å². The van der Waals surface area contributed by atoms with Gasteiger partial charge in [-0.3, -0.25) is 4.79 Å². The fourth-order valence-corrected chi connectivity index (χ4v) is 5.79. The molecule has 0 radical (unpaired) electrons. The van der Waals surface area contributed by atoms with Crippen LogP contribution in [0.2, 0.25) is 0 Å². The van der Waals surface area contributed by atoms with E-state index < -0.39 is 12.1 Å². The van der Waals surface area contributed by atoms with Crippen LogP contribution in [0.5, 0.6) is 0 Å². The largest absolute Gasteiger partial charge is 0.478 e. The molecule has 0 fully saturated rings. The summed E-state index contributed by atoms with van der Waals surface area (Å²) in [5, 5.41) is 17.5. The van der Waals surface area contributed by atoms with Crippen molar-refractivity contribution in [3.05, 3.63) is 71.8 Å². The van der Waals surface area contributed by atoms with Crippen molar-refractivity contribution in [1.82, 2.24) is 10.6 Å². The van der Waals surface area contributed by atoms with Gasteiger partial charge in [-0.25, -0.2) is 4.79 Å². The number of hydrogen-bond donors (Lipinski definition) is 3. The molecule has 1 aliphatic carbocycles. The van der Waals surface area contributed by atoms with E-state index in [1.165, 1.54) is 27.5 Å². The number of rotatable bonds is 10. The predicted octanol–water partition coefficient (Wildman–Crippen LogP) is 5.52. The molecule has 3 aromatic rings. The Balaban J connectivity index is 1.49. The van der Waals surface area contributed by atoms with Gasteiger partial charge in [-0.1, -0.05) is 56.3 Å². The van der Waals surface area contributed by atoms with Gasteiger partial charge in [0.15, 0.2) is 0 Å². The van der Waals surface area contributed by atoms with Crippen molar-refractivity contribution >= 4 is 33.3 Å². The first-order valence-corrected chi connectivity index (χ1v) is 13.4. The highest BCUT2D eigenvalue weighted by Gasteiger charge is 2.37. The summed E-state index contributed by atoms with van der Waals surface area (Å²) in [6.07, 6.45) is 3.10. The van der Waals surface area contributed by atoms with E-state index in [0.29, 0.717) is 18.5 Å². The average molecular weight is 507 g/mol. The van der Waals surface area contributed by atoms with E-state index in [4.69, 9.17) is 4.74 Å². The minimum absolute atomic E-state index is 0.00209. The Morgan fingerprint density at radius 1 is 1.11 bits per heavy atom. The highest BCUT2D eigenvalue weighted by Crippen LogP contribution is 2.33. The highest BCUT2D eigenvalue weighted by atomic mass is 32.1. The van der Waals surface area contributed by atoms with Crippen LogP contribution >= 0.6 is 11.3 Å². The van der Waals surface area contributed by atoms with Crippen LogP contribution in [0.3, 0.4) is 0 Å². The van der Waals surface area contributed by atoms with Gasteiger partial charge in [-0.15, -0.1) is 11.3 Å². The van der Waals surface area contributed by atoms with E-state index in [-0.39, 0.29) is 24.1 Å². The third kappa shape index (κ3) is 6.22. The minimum Gasteiger partial charge on any atom is -0.478 e. The monoisotopic (exact) mass is 506 g/mol. The van der Waals surface area contributed by atoms with Crippen molar-refractivity contribution in [2.75, 3.05) is 0 Å². The van der Waals surface area contributed by atoms with Crippen LogP contribution in [0.1, 0.15) is 45.6 Å². The summed E-state index contributed by atoms with van der Waals surface area (Å²) in [6.45, 7) is 6.13. The van der Waals surface area contributed by atoms with Crippen LogP contribution < -0.4 is 10.6 Å². The van der Waals surface area contributed by atoms with Crippen LogP contribution in [-0.4, -0.2) is 41.3 Å². The van der Waals surface area contributed by atoms with Crippen LogP contribution in [0.4, 0.5) is 0 Å². The summed E-state index contributed by atoms with van der Waals surface area (Å²) >= 11 is 1.78.